The number of halogens is 1. The van der Waals surface area contributed by atoms with Gasteiger partial charge in [-0.25, -0.2) is 0 Å². The molecule has 5 heteroatoms. The molecule has 0 aliphatic heterocycles. The van der Waals surface area contributed by atoms with E-state index in [9.17, 15) is 0 Å². The van der Waals surface area contributed by atoms with Crippen LogP contribution in [0.2, 0.25) is 0 Å². The van der Waals surface area contributed by atoms with Crippen LogP contribution in [-0.4, -0.2) is 7.11 Å². The summed E-state index contributed by atoms with van der Waals surface area (Å²) in [5.41, 5.74) is 9.82. The van der Waals surface area contributed by atoms with Crippen molar-refractivity contribution in [2.75, 3.05) is 7.11 Å². The second kappa shape index (κ2) is 4.74. The molecule has 0 aliphatic rings. The summed E-state index contributed by atoms with van der Waals surface area (Å²) >= 11 is 3.30. The Morgan fingerprint density at radius 2 is 2.38 bits per heavy atom. The van der Waals surface area contributed by atoms with E-state index in [0.29, 0.717) is 11.0 Å². The van der Waals surface area contributed by atoms with E-state index >= 15 is 0 Å². The number of hydrogen-bond donors (Lipinski definition) is 0. The summed E-state index contributed by atoms with van der Waals surface area (Å²) in [5.74, 6) is 0.756. The Balaban J connectivity index is 3.15. The molecule has 0 bridgehead atoms. The molecule has 0 heterocycles. The monoisotopic (exact) mass is 241 g/mol. The molecule has 4 nitrogen and oxygen atoms in total. The van der Waals surface area contributed by atoms with Gasteiger partial charge in [0, 0.05) is 15.9 Å². The second-order valence-electron chi connectivity index (χ2n) is 2.32. The highest BCUT2D eigenvalue weighted by molar-refractivity contribution is 9.08. The lowest BCUT2D eigenvalue weighted by molar-refractivity contribution is 0.414. The van der Waals surface area contributed by atoms with Gasteiger partial charge in [0.1, 0.15) is 5.75 Å². The third kappa shape index (κ3) is 2.37. The van der Waals surface area contributed by atoms with E-state index in [4.69, 9.17) is 10.3 Å². The maximum atomic E-state index is 8.28. The Labute approximate surface area is 84.3 Å². The highest BCUT2D eigenvalue weighted by Gasteiger charge is 2.00. The number of methoxy groups -OCH3 is 1. The highest BCUT2D eigenvalue weighted by Crippen LogP contribution is 2.26. The third-order valence-electron chi connectivity index (χ3n) is 1.58. The van der Waals surface area contributed by atoms with Gasteiger partial charge in [-0.15, -0.1) is 0 Å². The highest BCUT2D eigenvalue weighted by atomic mass is 79.9. The van der Waals surface area contributed by atoms with Gasteiger partial charge in [0.2, 0.25) is 0 Å². The largest absolute Gasteiger partial charge is 0.497 e. The Morgan fingerprint density at radius 1 is 1.62 bits per heavy atom. The molecule has 0 unspecified atom stereocenters. The molecule has 0 saturated heterocycles. The summed E-state index contributed by atoms with van der Waals surface area (Å²) in [5, 5.41) is 4.19. The van der Waals surface area contributed by atoms with Crippen molar-refractivity contribution in [3.63, 3.8) is 0 Å². The third-order valence-corrected chi connectivity index (χ3v) is 2.19. The van der Waals surface area contributed by atoms with Crippen molar-refractivity contribution in [3.8, 4) is 5.75 Å². The molecule has 1 rings (SSSR count). The second-order valence-corrected chi connectivity index (χ2v) is 2.88. The van der Waals surface area contributed by atoms with Gasteiger partial charge in [0.25, 0.3) is 0 Å². The van der Waals surface area contributed by atoms with Gasteiger partial charge in [-0.2, -0.15) is 0 Å². The molecule has 0 fully saturated rings. The van der Waals surface area contributed by atoms with Crippen molar-refractivity contribution in [2.45, 2.75) is 5.33 Å². The minimum Gasteiger partial charge on any atom is -0.497 e. The van der Waals surface area contributed by atoms with Gasteiger partial charge in [-0.05, 0) is 29.3 Å². The van der Waals surface area contributed by atoms with E-state index in [1.807, 2.05) is 6.07 Å². The zero-order chi connectivity index (χ0) is 9.68. The Bertz CT molecular complexity index is 347. The molecular formula is C8H8BrN3O. The first-order valence-electron chi connectivity index (χ1n) is 3.59. The van der Waals surface area contributed by atoms with Crippen LogP contribution in [0.25, 0.3) is 10.4 Å². The van der Waals surface area contributed by atoms with E-state index in [2.05, 4.69) is 26.0 Å². The summed E-state index contributed by atoms with van der Waals surface area (Å²) < 4.78 is 5.03. The number of ether oxygens (including phenoxy) is 1. The van der Waals surface area contributed by atoms with Crippen LogP contribution < -0.4 is 4.74 Å². The minimum absolute atomic E-state index is 0.625. The predicted octanol–water partition coefficient (Wildman–Crippen LogP) is 3.53. The van der Waals surface area contributed by atoms with Crippen LogP contribution in [-0.2, 0) is 5.33 Å². The van der Waals surface area contributed by atoms with Gasteiger partial charge >= 0.3 is 0 Å². The van der Waals surface area contributed by atoms with Crippen LogP contribution in [0.5, 0.6) is 5.75 Å². The molecule has 0 radical (unpaired) electrons. The molecule has 0 N–H and O–H groups in total. The summed E-state index contributed by atoms with van der Waals surface area (Å²) in [7, 11) is 1.60. The van der Waals surface area contributed by atoms with E-state index in [1.54, 1.807) is 19.2 Å². The van der Waals surface area contributed by atoms with E-state index < -0.39 is 0 Å². The lowest BCUT2D eigenvalue weighted by Crippen LogP contribution is -1.84. The zero-order valence-corrected chi connectivity index (χ0v) is 8.65. The molecule has 13 heavy (non-hydrogen) atoms. The number of alkyl halides is 1. The average Bonchev–Trinajstić information content (AvgIpc) is 2.19. The predicted molar refractivity (Wildman–Crippen MR) is 54.4 cm³/mol. The van der Waals surface area contributed by atoms with Crippen molar-refractivity contribution in [2.24, 2.45) is 5.11 Å². The molecule has 0 aromatic heterocycles. The molecule has 0 amide bonds. The van der Waals surface area contributed by atoms with E-state index in [1.165, 1.54) is 0 Å². The van der Waals surface area contributed by atoms with Crippen LogP contribution in [0.15, 0.2) is 23.3 Å². The van der Waals surface area contributed by atoms with Crippen molar-refractivity contribution in [3.05, 3.63) is 34.2 Å². The Hall–Kier alpha value is -1.19. The van der Waals surface area contributed by atoms with E-state index in [0.717, 1.165) is 11.3 Å². The molecular weight excluding hydrogens is 234 g/mol. The molecule has 68 valence electrons. The molecule has 0 saturated carbocycles. The van der Waals surface area contributed by atoms with Gasteiger partial charge in [-0.3, -0.25) is 0 Å². The first kappa shape index (κ1) is 9.89. The van der Waals surface area contributed by atoms with Gasteiger partial charge < -0.3 is 4.74 Å². The minimum atomic E-state index is 0.625. The number of hydrogen-bond acceptors (Lipinski definition) is 2. The quantitative estimate of drug-likeness (QED) is 0.346. The number of benzene rings is 1. The van der Waals surface area contributed by atoms with Crippen LogP contribution in [0, 0.1) is 0 Å². The normalized spacial score (nSPS) is 9.08. The summed E-state index contributed by atoms with van der Waals surface area (Å²) in [6.07, 6.45) is 0. The Kier molecular flexibility index (Phi) is 3.61. The fraction of sp³-hybridized carbons (Fsp3) is 0.250. The maximum Gasteiger partial charge on any atom is 0.119 e. The fourth-order valence-corrected chi connectivity index (χ4v) is 1.39. The molecule has 0 spiro atoms. The summed E-state index contributed by atoms with van der Waals surface area (Å²) in [4.78, 5) is 2.73. The van der Waals surface area contributed by atoms with Crippen molar-refractivity contribution in [1.29, 1.82) is 0 Å². The standard InChI is InChI=1S/C8H8BrN3O/c1-13-7-2-3-8(11-12-10)6(4-7)5-9/h2-4H,5H2,1H3. The topological polar surface area (TPSA) is 58.0 Å². The maximum absolute atomic E-state index is 8.28. The van der Waals surface area contributed by atoms with Gasteiger partial charge in [0.15, 0.2) is 0 Å². The van der Waals surface area contributed by atoms with Crippen LogP contribution in [0.4, 0.5) is 5.69 Å². The molecule has 1 aromatic rings. The van der Waals surface area contributed by atoms with Crippen LogP contribution in [0.1, 0.15) is 5.56 Å². The summed E-state index contributed by atoms with van der Waals surface area (Å²) in [6, 6.07) is 5.32. The lowest BCUT2D eigenvalue weighted by Gasteiger charge is -2.04. The zero-order valence-electron chi connectivity index (χ0n) is 7.07. The van der Waals surface area contributed by atoms with Crippen LogP contribution >= 0.6 is 15.9 Å². The van der Waals surface area contributed by atoms with Crippen LogP contribution in [0.3, 0.4) is 0 Å². The number of rotatable bonds is 3. The summed E-state index contributed by atoms with van der Waals surface area (Å²) in [6.45, 7) is 0. The van der Waals surface area contributed by atoms with Gasteiger partial charge in [-0.1, -0.05) is 21.0 Å². The number of azide groups is 1. The van der Waals surface area contributed by atoms with Gasteiger partial charge in [0.05, 0.1) is 7.11 Å². The molecule has 0 aliphatic carbocycles. The van der Waals surface area contributed by atoms with E-state index in [-0.39, 0.29) is 0 Å². The average molecular weight is 242 g/mol. The fourth-order valence-electron chi connectivity index (χ4n) is 0.942. The first-order chi connectivity index (χ1) is 6.31. The van der Waals surface area contributed by atoms with Crippen molar-refractivity contribution >= 4 is 21.6 Å². The number of nitrogens with zero attached hydrogens (tertiary/aromatic N) is 3. The first-order valence-corrected chi connectivity index (χ1v) is 4.72. The SMILES string of the molecule is COc1ccc(N=[N+]=[N-])c(CBr)c1. The smallest absolute Gasteiger partial charge is 0.119 e. The van der Waals surface area contributed by atoms with Crippen molar-refractivity contribution in [1.82, 2.24) is 0 Å². The van der Waals surface area contributed by atoms with Crippen molar-refractivity contribution < 1.29 is 4.74 Å². The molecule has 0 atom stereocenters. The Morgan fingerprint density at radius 3 is 2.92 bits per heavy atom. The molecule has 1 aromatic carbocycles. The lowest BCUT2D eigenvalue weighted by atomic mass is 10.2.